The molecule has 116 valence electrons. The summed E-state index contributed by atoms with van der Waals surface area (Å²) in [7, 11) is 0. The average Bonchev–Trinajstić information content (AvgIpc) is 2.49. The molecular weight excluding hydrogens is 264 g/mol. The monoisotopic (exact) mass is 290 g/mol. The van der Waals surface area contributed by atoms with E-state index in [4.69, 9.17) is 10.5 Å². The maximum absolute atomic E-state index is 12.2. The van der Waals surface area contributed by atoms with Crippen LogP contribution in [0, 0.1) is 0 Å². The Morgan fingerprint density at radius 2 is 2.00 bits per heavy atom. The molecule has 1 aromatic rings. The summed E-state index contributed by atoms with van der Waals surface area (Å²) in [5.41, 5.74) is 5.95. The summed E-state index contributed by atoms with van der Waals surface area (Å²) in [5, 5.41) is 0. The van der Waals surface area contributed by atoms with Gasteiger partial charge in [-0.05, 0) is 18.6 Å². The van der Waals surface area contributed by atoms with Crippen LogP contribution in [0.2, 0.25) is 0 Å². The van der Waals surface area contributed by atoms with E-state index in [1.807, 2.05) is 35.2 Å². The van der Waals surface area contributed by atoms with Gasteiger partial charge in [-0.2, -0.15) is 0 Å². The van der Waals surface area contributed by atoms with Crippen molar-refractivity contribution in [2.45, 2.75) is 51.2 Å². The highest BCUT2D eigenvalue weighted by Crippen LogP contribution is 2.19. The highest BCUT2D eigenvalue weighted by atomic mass is 16.5. The Bertz CT molecular complexity index is 428. The van der Waals surface area contributed by atoms with Gasteiger partial charge in [-0.25, -0.2) is 0 Å². The zero-order valence-corrected chi connectivity index (χ0v) is 12.8. The molecule has 1 heterocycles. The number of amides is 1. The Labute approximate surface area is 127 Å². The molecule has 0 bridgehead atoms. The molecule has 1 atom stereocenters. The molecule has 1 fully saturated rings. The Hall–Kier alpha value is -1.55. The summed E-state index contributed by atoms with van der Waals surface area (Å²) >= 11 is 0. The number of rotatable bonds is 6. The van der Waals surface area contributed by atoms with E-state index in [2.05, 4.69) is 6.92 Å². The van der Waals surface area contributed by atoms with Gasteiger partial charge in [0.25, 0.3) is 0 Å². The molecule has 1 aliphatic rings. The summed E-state index contributed by atoms with van der Waals surface area (Å²) in [6.45, 7) is 3.64. The first kappa shape index (κ1) is 15.8. The normalized spacial score (nSPS) is 17.5. The van der Waals surface area contributed by atoms with E-state index in [1.54, 1.807) is 0 Å². The van der Waals surface area contributed by atoms with Crippen LogP contribution in [0.1, 0.15) is 39.0 Å². The lowest BCUT2D eigenvalue weighted by atomic mass is 10.0. The minimum atomic E-state index is 0.000734. The fourth-order valence-corrected chi connectivity index (χ4v) is 2.74. The summed E-state index contributed by atoms with van der Waals surface area (Å²) in [5.74, 6) is 1.10. The van der Waals surface area contributed by atoms with Gasteiger partial charge in [0, 0.05) is 38.4 Å². The molecule has 0 radical (unpaired) electrons. The van der Waals surface area contributed by atoms with Crippen molar-refractivity contribution in [3.8, 4) is 5.75 Å². The fourth-order valence-electron chi connectivity index (χ4n) is 2.74. The van der Waals surface area contributed by atoms with Crippen molar-refractivity contribution in [2.75, 3.05) is 13.1 Å². The molecule has 1 saturated heterocycles. The second-order valence-corrected chi connectivity index (χ2v) is 5.76. The molecule has 0 saturated carbocycles. The van der Waals surface area contributed by atoms with Crippen molar-refractivity contribution >= 4 is 5.91 Å². The lowest BCUT2D eigenvalue weighted by molar-refractivity contribution is -0.133. The maximum atomic E-state index is 12.2. The number of hydrogen-bond donors (Lipinski definition) is 1. The number of nitrogens with zero attached hydrogens (tertiary/aromatic N) is 1. The van der Waals surface area contributed by atoms with Crippen molar-refractivity contribution < 1.29 is 9.53 Å². The van der Waals surface area contributed by atoms with Crippen molar-refractivity contribution in [3.63, 3.8) is 0 Å². The van der Waals surface area contributed by atoms with E-state index >= 15 is 0 Å². The molecule has 4 nitrogen and oxygen atoms in total. The second kappa shape index (κ2) is 8.03. The van der Waals surface area contributed by atoms with Crippen molar-refractivity contribution in [1.29, 1.82) is 0 Å². The Morgan fingerprint density at radius 3 is 2.62 bits per heavy atom. The zero-order valence-electron chi connectivity index (χ0n) is 12.8. The van der Waals surface area contributed by atoms with Gasteiger partial charge in [0.1, 0.15) is 11.9 Å². The van der Waals surface area contributed by atoms with Crippen LogP contribution in [0.15, 0.2) is 30.3 Å². The molecule has 21 heavy (non-hydrogen) atoms. The standard InChI is InChI=1S/C17H26N2O2/c1-2-6-14(18)13-17(20)19-11-9-16(10-12-19)21-15-7-4-3-5-8-15/h3-5,7-8,14,16H,2,6,9-13,18H2,1H3. The van der Waals surface area contributed by atoms with Gasteiger partial charge in [0.2, 0.25) is 5.91 Å². The van der Waals surface area contributed by atoms with Gasteiger partial charge in [-0.3, -0.25) is 4.79 Å². The summed E-state index contributed by atoms with van der Waals surface area (Å²) < 4.78 is 5.94. The number of ether oxygens (including phenoxy) is 1. The first-order valence-corrected chi connectivity index (χ1v) is 7.94. The van der Waals surface area contributed by atoms with Gasteiger partial charge >= 0.3 is 0 Å². The van der Waals surface area contributed by atoms with Gasteiger partial charge in [0.15, 0.2) is 0 Å². The second-order valence-electron chi connectivity index (χ2n) is 5.76. The van der Waals surface area contributed by atoms with Crippen molar-refractivity contribution in [2.24, 2.45) is 5.73 Å². The number of carbonyl (C=O) groups is 1. The lowest BCUT2D eigenvalue weighted by Crippen LogP contribution is -2.43. The molecule has 2 rings (SSSR count). The number of carbonyl (C=O) groups excluding carboxylic acids is 1. The van der Waals surface area contributed by atoms with Crippen molar-refractivity contribution in [1.82, 2.24) is 4.90 Å². The highest BCUT2D eigenvalue weighted by Gasteiger charge is 2.24. The topological polar surface area (TPSA) is 55.6 Å². The number of likely N-dealkylation sites (tertiary alicyclic amines) is 1. The first-order chi connectivity index (χ1) is 10.2. The van der Waals surface area contributed by atoms with Crippen LogP contribution in [-0.4, -0.2) is 36.0 Å². The smallest absolute Gasteiger partial charge is 0.224 e. The molecule has 2 N–H and O–H groups in total. The number of benzene rings is 1. The molecule has 0 spiro atoms. The largest absolute Gasteiger partial charge is 0.490 e. The molecular formula is C17H26N2O2. The van der Waals surface area contributed by atoms with E-state index in [1.165, 1.54) is 0 Å². The minimum absolute atomic E-state index is 0.000734. The third-order valence-electron chi connectivity index (χ3n) is 3.94. The van der Waals surface area contributed by atoms with E-state index in [0.29, 0.717) is 6.42 Å². The minimum Gasteiger partial charge on any atom is -0.490 e. The predicted molar refractivity (Wildman–Crippen MR) is 84.2 cm³/mol. The van der Waals surface area contributed by atoms with Crippen LogP contribution < -0.4 is 10.5 Å². The van der Waals surface area contributed by atoms with Crippen LogP contribution in [0.3, 0.4) is 0 Å². The Morgan fingerprint density at radius 1 is 1.33 bits per heavy atom. The van der Waals surface area contributed by atoms with Gasteiger partial charge in [0.05, 0.1) is 0 Å². The maximum Gasteiger partial charge on any atom is 0.224 e. The number of para-hydroxylation sites is 1. The molecule has 1 aliphatic heterocycles. The van der Waals surface area contributed by atoms with E-state index in [-0.39, 0.29) is 18.1 Å². The van der Waals surface area contributed by atoms with Crippen molar-refractivity contribution in [3.05, 3.63) is 30.3 Å². The molecule has 1 aromatic carbocycles. The summed E-state index contributed by atoms with van der Waals surface area (Å²) in [6, 6.07) is 9.88. The quantitative estimate of drug-likeness (QED) is 0.876. The van der Waals surface area contributed by atoms with Crippen LogP contribution in [-0.2, 0) is 4.79 Å². The molecule has 1 amide bonds. The van der Waals surface area contributed by atoms with E-state index in [0.717, 1.165) is 44.5 Å². The van der Waals surface area contributed by atoms with Crippen LogP contribution in [0.25, 0.3) is 0 Å². The van der Waals surface area contributed by atoms with Crippen LogP contribution in [0.4, 0.5) is 0 Å². The lowest BCUT2D eigenvalue weighted by Gasteiger charge is -2.32. The fraction of sp³-hybridized carbons (Fsp3) is 0.588. The van der Waals surface area contributed by atoms with Gasteiger partial charge < -0.3 is 15.4 Å². The first-order valence-electron chi connectivity index (χ1n) is 7.94. The van der Waals surface area contributed by atoms with Gasteiger partial charge in [-0.15, -0.1) is 0 Å². The number of piperidine rings is 1. The predicted octanol–water partition coefficient (Wildman–Crippen LogP) is 2.57. The highest BCUT2D eigenvalue weighted by molar-refractivity contribution is 5.76. The van der Waals surface area contributed by atoms with Crippen LogP contribution >= 0.6 is 0 Å². The van der Waals surface area contributed by atoms with E-state index in [9.17, 15) is 4.79 Å². The third kappa shape index (κ3) is 5.05. The SMILES string of the molecule is CCCC(N)CC(=O)N1CCC(Oc2ccccc2)CC1. The molecule has 0 aliphatic carbocycles. The molecule has 4 heteroatoms. The zero-order chi connectivity index (χ0) is 15.1. The van der Waals surface area contributed by atoms with Crippen LogP contribution in [0.5, 0.6) is 5.75 Å². The Balaban J connectivity index is 1.74. The number of nitrogens with two attached hydrogens (primary N) is 1. The average molecular weight is 290 g/mol. The number of hydrogen-bond acceptors (Lipinski definition) is 3. The molecule has 1 unspecified atom stereocenters. The van der Waals surface area contributed by atoms with E-state index < -0.39 is 0 Å². The summed E-state index contributed by atoms with van der Waals surface area (Å²) in [6.07, 6.45) is 4.41. The third-order valence-corrected chi connectivity index (χ3v) is 3.94. The van der Waals surface area contributed by atoms with Gasteiger partial charge in [-0.1, -0.05) is 31.5 Å². The summed E-state index contributed by atoms with van der Waals surface area (Å²) in [4.78, 5) is 14.1. The Kier molecular flexibility index (Phi) is 6.05. The molecule has 0 aromatic heterocycles.